The van der Waals surface area contributed by atoms with E-state index in [-0.39, 0.29) is 5.91 Å². The van der Waals surface area contributed by atoms with Gasteiger partial charge in [0, 0.05) is 0 Å². The number of aliphatic carboxylic acids is 1. The Labute approximate surface area is 124 Å². The van der Waals surface area contributed by atoms with Crippen molar-refractivity contribution < 1.29 is 14.7 Å². The highest BCUT2D eigenvalue weighted by atomic mass is 79.9. The average molecular weight is 346 g/mol. The molecule has 0 aromatic carbocycles. The fourth-order valence-corrected chi connectivity index (χ4v) is 3.83. The summed E-state index contributed by atoms with van der Waals surface area (Å²) in [6, 6.07) is 1.78. The summed E-state index contributed by atoms with van der Waals surface area (Å²) in [7, 11) is 0. The van der Waals surface area contributed by atoms with Crippen LogP contribution < -0.4 is 5.32 Å². The zero-order chi connectivity index (χ0) is 14.0. The van der Waals surface area contributed by atoms with E-state index in [2.05, 4.69) is 21.2 Å². The van der Waals surface area contributed by atoms with E-state index in [1.54, 1.807) is 6.07 Å². The van der Waals surface area contributed by atoms with Crippen molar-refractivity contribution in [2.45, 2.75) is 44.6 Å². The molecule has 1 aliphatic rings. The van der Waals surface area contributed by atoms with Crippen LogP contribution in [0.4, 0.5) is 0 Å². The van der Waals surface area contributed by atoms with Gasteiger partial charge in [0.15, 0.2) is 0 Å². The zero-order valence-electron chi connectivity index (χ0n) is 10.7. The summed E-state index contributed by atoms with van der Waals surface area (Å²) in [5.74, 6) is -1.21. The second-order valence-electron chi connectivity index (χ2n) is 4.97. The zero-order valence-corrected chi connectivity index (χ0v) is 13.1. The Morgan fingerprint density at radius 2 is 2.00 bits per heavy atom. The molecule has 1 heterocycles. The smallest absolute Gasteiger partial charge is 0.329 e. The van der Waals surface area contributed by atoms with Gasteiger partial charge in [-0.3, -0.25) is 4.79 Å². The molecule has 0 bridgehead atoms. The number of carbonyl (C=O) groups excluding carboxylic acids is 1. The summed E-state index contributed by atoms with van der Waals surface area (Å²) in [4.78, 5) is 24.2. The van der Waals surface area contributed by atoms with E-state index in [0.29, 0.717) is 17.7 Å². The SMILES string of the molecule is Cc1cc(C(=O)NC2(C(=O)O)CCCCC2)sc1Br. The van der Waals surface area contributed by atoms with Crippen LogP contribution in [-0.2, 0) is 4.79 Å². The Balaban J connectivity index is 2.17. The summed E-state index contributed by atoms with van der Waals surface area (Å²) >= 11 is 4.71. The van der Waals surface area contributed by atoms with Crippen molar-refractivity contribution in [3.63, 3.8) is 0 Å². The maximum Gasteiger partial charge on any atom is 0.329 e. The summed E-state index contributed by atoms with van der Waals surface area (Å²) in [5, 5.41) is 12.2. The quantitative estimate of drug-likeness (QED) is 0.882. The van der Waals surface area contributed by atoms with Crippen molar-refractivity contribution in [2.75, 3.05) is 0 Å². The highest BCUT2D eigenvalue weighted by molar-refractivity contribution is 9.11. The van der Waals surface area contributed by atoms with E-state index in [0.717, 1.165) is 28.6 Å². The molecule has 1 aliphatic carbocycles. The highest BCUT2D eigenvalue weighted by Gasteiger charge is 2.41. The fourth-order valence-electron chi connectivity index (χ4n) is 2.40. The van der Waals surface area contributed by atoms with E-state index in [1.807, 2.05) is 6.92 Å². The Morgan fingerprint density at radius 3 is 2.47 bits per heavy atom. The van der Waals surface area contributed by atoms with E-state index >= 15 is 0 Å². The topological polar surface area (TPSA) is 66.4 Å². The van der Waals surface area contributed by atoms with E-state index < -0.39 is 11.5 Å². The molecule has 0 radical (unpaired) electrons. The van der Waals surface area contributed by atoms with E-state index in [1.165, 1.54) is 11.3 Å². The normalized spacial score (nSPS) is 18.0. The van der Waals surface area contributed by atoms with Crippen molar-refractivity contribution in [1.82, 2.24) is 5.32 Å². The minimum absolute atomic E-state index is 0.289. The van der Waals surface area contributed by atoms with Crippen LogP contribution in [-0.4, -0.2) is 22.5 Å². The maximum atomic E-state index is 12.2. The van der Waals surface area contributed by atoms with Crippen molar-refractivity contribution in [3.05, 3.63) is 20.3 Å². The number of carboxylic acid groups (broad SMARTS) is 1. The average Bonchev–Trinajstić information content (AvgIpc) is 2.71. The third kappa shape index (κ3) is 3.00. The number of rotatable bonds is 3. The first-order chi connectivity index (χ1) is 8.94. The number of nitrogens with one attached hydrogen (secondary N) is 1. The van der Waals surface area contributed by atoms with Gasteiger partial charge in [-0.1, -0.05) is 19.3 Å². The van der Waals surface area contributed by atoms with Gasteiger partial charge in [0.1, 0.15) is 5.54 Å². The van der Waals surface area contributed by atoms with Crippen LogP contribution in [0, 0.1) is 6.92 Å². The van der Waals surface area contributed by atoms with Gasteiger partial charge in [-0.05, 0) is 47.3 Å². The first-order valence-electron chi connectivity index (χ1n) is 6.26. The second-order valence-corrected chi connectivity index (χ2v) is 7.34. The lowest BCUT2D eigenvalue weighted by Crippen LogP contribution is -2.55. The molecule has 19 heavy (non-hydrogen) atoms. The van der Waals surface area contributed by atoms with Gasteiger partial charge in [-0.15, -0.1) is 11.3 Å². The van der Waals surface area contributed by atoms with Crippen LogP contribution >= 0.6 is 27.3 Å². The summed E-state index contributed by atoms with van der Waals surface area (Å²) in [6.07, 6.45) is 3.76. The predicted octanol–water partition coefficient (Wildman–Crippen LogP) is 3.34. The molecule has 1 saturated carbocycles. The molecule has 6 heteroatoms. The molecule has 4 nitrogen and oxygen atoms in total. The molecule has 104 valence electrons. The van der Waals surface area contributed by atoms with Crippen LogP contribution in [0.5, 0.6) is 0 Å². The van der Waals surface area contributed by atoms with Crippen molar-refractivity contribution in [3.8, 4) is 0 Å². The minimum atomic E-state index is -1.08. The Hall–Kier alpha value is -0.880. The second kappa shape index (κ2) is 5.63. The molecule has 0 atom stereocenters. The number of carboxylic acids is 1. The van der Waals surface area contributed by atoms with Crippen LogP contribution in [0.3, 0.4) is 0 Å². The standard InChI is InChI=1S/C13H16BrNO3S/c1-8-7-9(19-10(8)14)11(16)15-13(12(17)18)5-3-2-4-6-13/h7H,2-6H2,1H3,(H,15,16)(H,17,18). The highest BCUT2D eigenvalue weighted by Crippen LogP contribution is 2.31. The Kier molecular flexibility index (Phi) is 4.30. The van der Waals surface area contributed by atoms with Gasteiger partial charge in [0.25, 0.3) is 5.91 Å². The van der Waals surface area contributed by atoms with E-state index in [4.69, 9.17) is 0 Å². The van der Waals surface area contributed by atoms with Crippen molar-refractivity contribution >= 4 is 39.1 Å². The number of aryl methyl sites for hydroxylation is 1. The molecule has 1 aromatic heterocycles. The molecular formula is C13H16BrNO3S. The first kappa shape index (κ1) is 14.5. The number of hydrogen-bond acceptors (Lipinski definition) is 3. The van der Waals surface area contributed by atoms with E-state index in [9.17, 15) is 14.7 Å². The number of thiophene rings is 1. The van der Waals surface area contributed by atoms with Crippen LogP contribution in [0.2, 0.25) is 0 Å². The van der Waals surface area contributed by atoms with Gasteiger partial charge in [-0.25, -0.2) is 4.79 Å². The molecule has 0 spiro atoms. The van der Waals surface area contributed by atoms with Gasteiger partial charge >= 0.3 is 5.97 Å². The summed E-state index contributed by atoms with van der Waals surface area (Å²) < 4.78 is 0.908. The maximum absolute atomic E-state index is 12.2. The fraction of sp³-hybridized carbons (Fsp3) is 0.538. The van der Waals surface area contributed by atoms with Crippen molar-refractivity contribution in [2.24, 2.45) is 0 Å². The molecule has 1 fully saturated rings. The molecule has 0 saturated heterocycles. The van der Waals surface area contributed by atoms with Crippen LogP contribution in [0.15, 0.2) is 9.85 Å². The number of halogens is 1. The first-order valence-corrected chi connectivity index (χ1v) is 7.87. The molecule has 1 amide bonds. The predicted molar refractivity (Wildman–Crippen MR) is 77.7 cm³/mol. The lowest BCUT2D eigenvalue weighted by atomic mass is 9.81. The number of carbonyl (C=O) groups is 2. The molecule has 2 N–H and O–H groups in total. The monoisotopic (exact) mass is 345 g/mol. The number of amides is 1. The van der Waals surface area contributed by atoms with Crippen molar-refractivity contribution in [1.29, 1.82) is 0 Å². The summed E-state index contributed by atoms with van der Waals surface area (Å²) in [6.45, 7) is 1.91. The molecule has 1 aromatic rings. The van der Waals surface area contributed by atoms with Gasteiger partial charge in [0.2, 0.25) is 0 Å². The molecule has 0 aliphatic heterocycles. The van der Waals surface area contributed by atoms with Gasteiger partial charge in [0.05, 0.1) is 8.66 Å². The Bertz CT molecular complexity index is 486. The number of hydrogen-bond donors (Lipinski definition) is 2. The van der Waals surface area contributed by atoms with Crippen LogP contribution in [0.1, 0.15) is 47.3 Å². The van der Waals surface area contributed by atoms with Gasteiger partial charge in [-0.2, -0.15) is 0 Å². The summed E-state index contributed by atoms with van der Waals surface area (Å²) in [5.41, 5.74) is -0.0946. The Morgan fingerprint density at radius 1 is 1.37 bits per heavy atom. The third-order valence-electron chi connectivity index (χ3n) is 3.55. The minimum Gasteiger partial charge on any atom is -0.480 e. The lowest BCUT2D eigenvalue weighted by molar-refractivity contribution is -0.145. The van der Waals surface area contributed by atoms with Gasteiger partial charge < -0.3 is 10.4 Å². The third-order valence-corrected chi connectivity index (χ3v) is 5.69. The van der Waals surface area contributed by atoms with Crippen LogP contribution in [0.25, 0.3) is 0 Å². The largest absolute Gasteiger partial charge is 0.480 e. The molecule has 2 rings (SSSR count). The lowest BCUT2D eigenvalue weighted by Gasteiger charge is -2.33. The molecular weight excluding hydrogens is 330 g/mol. The molecule has 0 unspecified atom stereocenters.